The van der Waals surface area contributed by atoms with E-state index in [0.29, 0.717) is 6.54 Å². The van der Waals surface area contributed by atoms with Gasteiger partial charge >= 0.3 is 0 Å². The monoisotopic (exact) mass is 284 g/mol. The van der Waals surface area contributed by atoms with Gasteiger partial charge in [0.25, 0.3) is 0 Å². The third kappa shape index (κ3) is 2.91. The molecular weight excluding hydrogens is 264 g/mol. The largest absolute Gasteiger partial charge is 0.399 e. The van der Waals surface area contributed by atoms with Crippen molar-refractivity contribution in [1.29, 1.82) is 0 Å². The molecule has 3 N–H and O–H groups in total. The minimum atomic E-state index is -0.320. The molecule has 0 saturated heterocycles. The average molecular weight is 284 g/mol. The van der Waals surface area contributed by atoms with Gasteiger partial charge in [-0.2, -0.15) is 5.10 Å². The highest BCUT2D eigenvalue weighted by Gasteiger charge is 2.50. The van der Waals surface area contributed by atoms with Crippen molar-refractivity contribution in [3.05, 3.63) is 48.3 Å². The van der Waals surface area contributed by atoms with Crippen LogP contribution in [0.15, 0.2) is 42.7 Å². The summed E-state index contributed by atoms with van der Waals surface area (Å²) in [4.78, 5) is 12.4. The predicted molar refractivity (Wildman–Crippen MR) is 81.6 cm³/mol. The van der Waals surface area contributed by atoms with Gasteiger partial charge in [-0.25, -0.2) is 0 Å². The number of nitrogens with one attached hydrogen (secondary N) is 1. The highest BCUT2D eigenvalue weighted by molar-refractivity contribution is 5.91. The van der Waals surface area contributed by atoms with Crippen molar-refractivity contribution in [2.75, 3.05) is 12.3 Å². The van der Waals surface area contributed by atoms with Gasteiger partial charge in [-0.3, -0.25) is 9.48 Å². The standard InChI is InChI=1S/C16H20N4O/c17-14-5-3-13(4-6-14)16(7-8-16)15(21)18-9-1-11-20-12-2-10-19-20/h2-6,10,12H,1,7-9,11,17H2,(H,18,21). The average Bonchev–Trinajstić information content (AvgIpc) is 3.14. The van der Waals surface area contributed by atoms with Crippen LogP contribution in [0, 0.1) is 0 Å². The van der Waals surface area contributed by atoms with E-state index in [1.54, 1.807) is 6.20 Å². The normalized spacial score (nSPS) is 15.6. The molecule has 0 radical (unpaired) electrons. The van der Waals surface area contributed by atoms with Crippen molar-refractivity contribution in [2.24, 2.45) is 0 Å². The Morgan fingerprint density at radius 1 is 1.33 bits per heavy atom. The van der Waals surface area contributed by atoms with Gasteiger partial charge in [-0.1, -0.05) is 12.1 Å². The van der Waals surface area contributed by atoms with Gasteiger partial charge in [-0.05, 0) is 43.0 Å². The Balaban J connectivity index is 1.52. The van der Waals surface area contributed by atoms with Gasteiger partial charge in [0, 0.05) is 31.2 Å². The van der Waals surface area contributed by atoms with Crippen LogP contribution in [0.2, 0.25) is 0 Å². The first-order valence-corrected chi connectivity index (χ1v) is 7.32. The fourth-order valence-electron chi connectivity index (χ4n) is 2.62. The van der Waals surface area contributed by atoms with Gasteiger partial charge in [0.1, 0.15) is 0 Å². The van der Waals surface area contributed by atoms with Crippen LogP contribution in [-0.4, -0.2) is 22.2 Å². The Bertz CT molecular complexity index is 600. The number of amides is 1. The van der Waals surface area contributed by atoms with Gasteiger partial charge in [-0.15, -0.1) is 0 Å². The lowest BCUT2D eigenvalue weighted by Crippen LogP contribution is -2.35. The van der Waals surface area contributed by atoms with Crippen molar-refractivity contribution in [1.82, 2.24) is 15.1 Å². The van der Waals surface area contributed by atoms with E-state index < -0.39 is 0 Å². The summed E-state index contributed by atoms with van der Waals surface area (Å²) in [5.74, 6) is 0.132. The zero-order chi connectivity index (χ0) is 14.7. The van der Waals surface area contributed by atoms with Crippen LogP contribution in [0.25, 0.3) is 0 Å². The molecule has 110 valence electrons. The first kappa shape index (κ1) is 13.7. The molecule has 5 nitrogen and oxygen atoms in total. The second kappa shape index (κ2) is 5.60. The van der Waals surface area contributed by atoms with Gasteiger partial charge in [0.2, 0.25) is 5.91 Å². The van der Waals surface area contributed by atoms with Gasteiger partial charge in [0.15, 0.2) is 0 Å². The van der Waals surface area contributed by atoms with Gasteiger partial charge < -0.3 is 11.1 Å². The molecule has 1 saturated carbocycles. The predicted octanol–water partition coefficient (Wildman–Crippen LogP) is 1.70. The molecule has 21 heavy (non-hydrogen) atoms. The molecular formula is C16H20N4O. The number of hydrogen-bond acceptors (Lipinski definition) is 3. The molecule has 2 aromatic rings. The maximum absolute atomic E-state index is 12.4. The number of nitrogens with zero attached hydrogens (tertiary/aromatic N) is 2. The number of benzene rings is 1. The van der Waals surface area contributed by atoms with Crippen LogP contribution in [0.5, 0.6) is 0 Å². The van der Waals surface area contributed by atoms with Crippen molar-refractivity contribution in [3.8, 4) is 0 Å². The Kier molecular flexibility index (Phi) is 3.64. The summed E-state index contributed by atoms with van der Waals surface area (Å²) in [6.45, 7) is 1.50. The number of rotatable bonds is 6. The number of nitrogens with two attached hydrogens (primary N) is 1. The Morgan fingerprint density at radius 3 is 2.71 bits per heavy atom. The van der Waals surface area contributed by atoms with E-state index in [1.807, 2.05) is 41.2 Å². The fraction of sp³-hybridized carbons (Fsp3) is 0.375. The first-order valence-electron chi connectivity index (χ1n) is 7.32. The zero-order valence-corrected chi connectivity index (χ0v) is 12.0. The number of carbonyl (C=O) groups excluding carboxylic acids is 1. The van der Waals surface area contributed by atoms with Crippen LogP contribution in [0.4, 0.5) is 5.69 Å². The summed E-state index contributed by atoms with van der Waals surface area (Å²) in [5, 5.41) is 7.19. The molecule has 1 fully saturated rings. The molecule has 0 unspecified atom stereocenters. The number of nitrogen functional groups attached to an aromatic ring is 1. The van der Waals surface area contributed by atoms with E-state index in [0.717, 1.165) is 37.1 Å². The van der Waals surface area contributed by atoms with E-state index in [2.05, 4.69) is 10.4 Å². The fourth-order valence-corrected chi connectivity index (χ4v) is 2.62. The summed E-state index contributed by atoms with van der Waals surface area (Å²) >= 11 is 0. The molecule has 0 aliphatic heterocycles. The second-order valence-electron chi connectivity index (χ2n) is 5.58. The van der Waals surface area contributed by atoms with Crippen LogP contribution >= 0.6 is 0 Å². The summed E-state index contributed by atoms with van der Waals surface area (Å²) in [5.41, 5.74) is 7.18. The van der Waals surface area contributed by atoms with Crippen LogP contribution in [0.3, 0.4) is 0 Å². The van der Waals surface area contributed by atoms with Crippen molar-refractivity contribution < 1.29 is 4.79 Å². The van der Waals surface area contributed by atoms with E-state index in [-0.39, 0.29) is 11.3 Å². The quantitative estimate of drug-likeness (QED) is 0.626. The molecule has 5 heteroatoms. The van der Waals surface area contributed by atoms with Crippen LogP contribution < -0.4 is 11.1 Å². The Hall–Kier alpha value is -2.30. The molecule has 1 amide bonds. The molecule has 3 rings (SSSR count). The highest BCUT2D eigenvalue weighted by atomic mass is 16.2. The molecule has 0 bridgehead atoms. The number of carbonyl (C=O) groups is 1. The number of aryl methyl sites for hydroxylation is 1. The second-order valence-corrected chi connectivity index (χ2v) is 5.58. The third-order valence-electron chi connectivity index (χ3n) is 4.06. The summed E-state index contributed by atoms with van der Waals surface area (Å²) in [7, 11) is 0. The molecule has 0 spiro atoms. The van der Waals surface area contributed by atoms with E-state index >= 15 is 0 Å². The summed E-state index contributed by atoms with van der Waals surface area (Å²) in [6, 6.07) is 9.55. The van der Waals surface area contributed by atoms with E-state index in [9.17, 15) is 4.79 Å². The molecule has 1 aromatic heterocycles. The third-order valence-corrected chi connectivity index (χ3v) is 4.06. The van der Waals surface area contributed by atoms with Crippen molar-refractivity contribution in [3.63, 3.8) is 0 Å². The van der Waals surface area contributed by atoms with Crippen molar-refractivity contribution >= 4 is 11.6 Å². The van der Waals surface area contributed by atoms with Crippen molar-refractivity contribution in [2.45, 2.75) is 31.2 Å². The minimum Gasteiger partial charge on any atom is -0.399 e. The lowest BCUT2D eigenvalue weighted by atomic mass is 9.95. The number of anilines is 1. The minimum absolute atomic E-state index is 0.132. The topological polar surface area (TPSA) is 72.9 Å². The highest BCUT2D eigenvalue weighted by Crippen LogP contribution is 2.48. The summed E-state index contributed by atoms with van der Waals surface area (Å²) < 4.78 is 1.87. The Labute approximate surface area is 124 Å². The summed E-state index contributed by atoms with van der Waals surface area (Å²) in [6.07, 6.45) is 6.41. The van der Waals surface area contributed by atoms with E-state index in [4.69, 9.17) is 5.73 Å². The first-order chi connectivity index (χ1) is 10.2. The SMILES string of the molecule is Nc1ccc(C2(C(=O)NCCCn3cccn3)CC2)cc1. The molecule has 0 atom stereocenters. The smallest absolute Gasteiger partial charge is 0.230 e. The van der Waals surface area contributed by atoms with E-state index in [1.165, 1.54) is 0 Å². The maximum atomic E-state index is 12.4. The molecule has 1 aromatic carbocycles. The molecule has 1 aliphatic rings. The lowest BCUT2D eigenvalue weighted by molar-refractivity contribution is -0.123. The number of aromatic nitrogens is 2. The van der Waals surface area contributed by atoms with Gasteiger partial charge in [0.05, 0.1) is 5.41 Å². The maximum Gasteiger partial charge on any atom is 0.230 e. The molecule has 1 aliphatic carbocycles. The number of hydrogen-bond donors (Lipinski definition) is 2. The van der Waals surface area contributed by atoms with Crippen LogP contribution in [0.1, 0.15) is 24.8 Å². The molecule has 1 heterocycles. The van der Waals surface area contributed by atoms with Crippen LogP contribution in [-0.2, 0) is 16.8 Å². The lowest BCUT2D eigenvalue weighted by Gasteiger charge is -2.16. The zero-order valence-electron chi connectivity index (χ0n) is 12.0. The Morgan fingerprint density at radius 2 is 2.10 bits per heavy atom.